The van der Waals surface area contributed by atoms with Gasteiger partial charge in [0, 0.05) is 44.0 Å². The number of hydrogen-bond donors (Lipinski definition) is 0. The number of benzene rings is 1. The van der Waals surface area contributed by atoms with Crippen LogP contribution in [0.3, 0.4) is 0 Å². The molecule has 0 unspecified atom stereocenters. The van der Waals surface area contributed by atoms with Gasteiger partial charge in [-0.2, -0.15) is 0 Å². The van der Waals surface area contributed by atoms with Gasteiger partial charge in [0.15, 0.2) is 11.7 Å². The number of pyridine rings is 1. The monoisotopic (exact) mass is 357 g/mol. The summed E-state index contributed by atoms with van der Waals surface area (Å²) in [7, 11) is 0. The van der Waals surface area contributed by atoms with Gasteiger partial charge < -0.3 is 14.4 Å². The van der Waals surface area contributed by atoms with E-state index in [9.17, 15) is 14.4 Å². The lowest BCUT2D eigenvalue weighted by atomic mass is 10.0. The van der Waals surface area contributed by atoms with E-state index in [0.717, 1.165) is 19.3 Å². The Morgan fingerprint density at radius 1 is 1.15 bits per heavy atom. The molecule has 1 saturated heterocycles. The second-order valence-electron chi connectivity index (χ2n) is 7.03. The minimum atomic E-state index is -0.431. The molecule has 2 aliphatic rings. The van der Waals surface area contributed by atoms with Crippen LogP contribution < -0.4 is 10.3 Å². The number of carbonyl (C=O) groups is 2. The third-order valence-electron chi connectivity index (χ3n) is 5.38. The second kappa shape index (κ2) is 6.23. The fourth-order valence-corrected chi connectivity index (χ4v) is 3.71. The first-order chi connectivity index (χ1) is 12.5. The molecule has 2 fully saturated rings. The van der Waals surface area contributed by atoms with Crippen molar-refractivity contribution in [2.75, 3.05) is 31.1 Å². The first-order valence-electron chi connectivity index (χ1n) is 8.82. The first kappa shape index (κ1) is 16.8. The Labute approximate surface area is 149 Å². The molecule has 0 bridgehead atoms. The van der Waals surface area contributed by atoms with Gasteiger partial charge in [0.1, 0.15) is 5.82 Å². The minimum absolute atomic E-state index is 0.0687. The quantitative estimate of drug-likeness (QED) is 0.784. The van der Waals surface area contributed by atoms with Crippen LogP contribution in [0.4, 0.5) is 10.1 Å². The summed E-state index contributed by atoms with van der Waals surface area (Å²) in [6.45, 7) is 3.76. The molecular formula is C19H20FN3O3. The summed E-state index contributed by atoms with van der Waals surface area (Å²) < 4.78 is 17.0. The fourth-order valence-electron chi connectivity index (χ4n) is 3.71. The summed E-state index contributed by atoms with van der Waals surface area (Å²) in [5.74, 6) is -0.431. The van der Waals surface area contributed by atoms with E-state index < -0.39 is 11.2 Å². The average Bonchev–Trinajstić information content (AvgIpc) is 3.50. The van der Waals surface area contributed by atoms with Gasteiger partial charge in [-0.25, -0.2) is 4.39 Å². The van der Waals surface area contributed by atoms with E-state index in [4.69, 9.17) is 0 Å². The number of amides is 1. The highest BCUT2D eigenvalue weighted by Crippen LogP contribution is 2.39. The van der Waals surface area contributed by atoms with Gasteiger partial charge >= 0.3 is 0 Å². The number of anilines is 1. The van der Waals surface area contributed by atoms with Crippen LogP contribution in [-0.4, -0.2) is 48.3 Å². The van der Waals surface area contributed by atoms with E-state index >= 15 is 4.39 Å². The van der Waals surface area contributed by atoms with Gasteiger partial charge in [-0.05, 0) is 25.8 Å². The summed E-state index contributed by atoms with van der Waals surface area (Å²) in [4.78, 5) is 38.4. The Kier molecular flexibility index (Phi) is 4.01. The predicted molar refractivity (Wildman–Crippen MR) is 96.4 cm³/mol. The van der Waals surface area contributed by atoms with Crippen molar-refractivity contribution in [3.05, 3.63) is 39.4 Å². The SMILES string of the molecule is Cc1c(F)c(N2CCN(C=O)CC2)cc2c1c(=O)c(C=O)cn2C1CC1. The molecule has 0 atom stereocenters. The fraction of sp³-hybridized carbons (Fsp3) is 0.421. The Hall–Kier alpha value is -2.70. The van der Waals surface area contributed by atoms with Crippen molar-refractivity contribution in [2.45, 2.75) is 25.8 Å². The minimum Gasteiger partial charge on any atom is -0.366 e. The maximum Gasteiger partial charge on any atom is 0.209 e. The molecule has 1 aliphatic carbocycles. The van der Waals surface area contributed by atoms with Gasteiger partial charge in [0.25, 0.3) is 0 Å². The van der Waals surface area contributed by atoms with Crippen molar-refractivity contribution in [3.8, 4) is 0 Å². The summed E-state index contributed by atoms with van der Waals surface area (Å²) in [5, 5.41) is 0.286. The van der Waals surface area contributed by atoms with Crippen molar-refractivity contribution in [1.29, 1.82) is 0 Å². The summed E-state index contributed by atoms with van der Waals surface area (Å²) in [5.41, 5.74) is 1.06. The summed E-state index contributed by atoms with van der Waals surface area (Å²) in [6, 6.07) is 1.98. The Morgan fingerprint density at radius 3 is 2.42 bits per heavy atom. The molecule has 4 rings (SSSR count). The second-order valence-corrected chi connectivity index (χ2v) is 7.03. The number of aldehydes is 1. The highest BCUT2D eigenvalue weighted by molar-refractivity contribution is 5.91. The van der Waals surface area contributed by atoms with E-state index in [0.29, 0.717) is 43.7 Å². The Balaban J connectivity index is 1.90. The summed E-state index contributed by atoms with van der Waals surface area (Å²) in [6.07, 6.45) is 4.93. The number of fused-ring (bicyclic) bond motifs is 1. The molecule has 7 heteroatoms. The zero-order valence-electron chi connectivity index (χ0n) is 14.6. The zero-order chi connectivity index (χ0) is 18.4. The third-order valence-corrected chi connectivity index (χ3v) is 5.38. The first-order valence-corrected chi connectivity index (χ1v) is 8.82. The van der Waals surface area contributed by atoms with E-state index in [1.54, 1.807) is 24.1 Å². The lowest BCUT2D eigenvalue weighted by molar-refractivity contribution is -0.118. The normalized spacial score (nSPS) is 17.6. The molecule has 1 amide bonds. The molecule has 0 spiro atoms. The topological polar surface area (TPSA) is 62.6 Å². The Bertz CT molecular complexity index is 957. The van der Waals surface area contributed by atoms with Gasteiger partial charge in [-0.1, -0.05) is 0 Å². The zero-order valence-corrected chi connectivity index (χ0v) is 14.6. The molecule has 1 aliphatic heterocycles. The van der Waals surface area contributed by atoms with Crippen LogP contribution in [0.15, 0.2) is 17.1 Å². The third kappa shape index (κ3) is 2.58. The van der Waals surface area contributed by atoms with E-state index in [1.807, 2.05) is 9.47 Å². The number of aryl methyl sites for hydroxylation is 1. The standard InChI is InChI=1S/C19H20FN3O3/c1-12-17-15(23(14-2-3-14)9-13(10-24)19(17)26)8-16(18(12)20)22-6-4-21(11-25)5-7-22/h8-11,14H,2-7H2,1H3. The van der Waals surface area contributed by atoms with E-state index in [-0.39, 0.29) is 22.6 Å². The van der Waals surface area contributed by atoms with Crippen molar-refractivity contribution in [1.82, 2.24) is 9.47 Å². The smallest absolute Gasteiger partial charge is 0.209 e. The van der Waals surface area contributed by atoms with Crippen molar-refractivity contribution in [3.63, 3.8) is 0 Å². The van der Waals surface area contributed by atoms with Crippen molar-refractivity contribution >= 4 is 29.3 Å². The lowest BCUT2D eigenvalue weighted by Gasteiger charge is -2.34. The maximum atomic E-state index is 15.1. The van der Waals surface area contributed by atoms with Gasteiger partial charge in [0.2, 0.25) is 6.41 Å². The van der Waals surface area contributed by atoms with Gasteiger partial charge in [0.05, 0.1) is 22.2 Å². The van der Waals surface area contributed by atoms with Crippen molar-refractivity contribution in [2.24, 2.45) is 0 Å². The van der Waals surface area contributed by atoms with Crippen LogP contribution in [0, 0.1) is 12.7 Å². The predicted octanol–water partition coefficient (Wildman–Crippen LogP) is 1.87. The average molecular weight is 357 g/mol. The molecule has 1 aromatic heterocycles. The molecular weight excluding hydrogens is 337 g/mol. The molecule has 6 nitrogen and oxygen atoms in total. The number of aromatic nitrogens is 1. The highest BCUT2D eigenvalue weighted by atomic mass is 19.1. The lowest BCUT2D eigenvalue weighted by Crippen LogP contribution is -2.46. The Morgan fingerprint density at radius 2 is 1.85 bits per heavy atom. The van der Waals surface area contributed by atoms with Crippen LogP contribution in [-0.2, 0) is 4.79 Å². The van der Waals surface area contributed by atoms with E-state index in [2.05, 4.69) is 0 Å². The van der Waals surface area contributed by atoms with Gasteiger partial charge in [-0.3, -0.25) is 14.4 Å². The number of rotatable bonds is 4. The number of halogens is 1. The van der Waals surface area contributed by atoms with Gasteiger partial charge in [-0.15, -0.1) is 0 Å². The molecule has 2 heterocycles. The number of carbonyl (C=O) groups excluding carboxylic acids is 2. The van der Waals surface area contributed by atoms with Crippen molar-refractivity contribution < 1.29 is 14.0 Å². The van der Waals surface area contributed by atoms with Crippen LogP contribution >= 0.6 is 0 Å². The molecule has 1 saturated carbocycles. The molecule has 0 radical (unpaired) electrons. The maximum absolute atomic E-state index is 15.1. The number of nitrogens with zero attached hydrogens (tertiary/aromatic N) is 3. The molecule has 1 aromatic carbocycles. The molecule has 26 heavy (non-hydrogen) atoms. The van der Waals surface area contributed by atoms with E-state index in [1.165, 1.54) is 0 Å². The number of piperazine rings is 1. The van der Waals surface area contributed by atoms with Crippen LogP contribution in [0.5, 0.6) is 0 Å². The highest BCUT2D eigenvalue weighted by Gasteiger charge is 2.28. The van der Waals surface area contributed by atoms with Crippen LogP contribution in [0.25, 0.3) is 10.9 Å². The number of hydrogen-bond acceptors (Lipinski definition) is 4. The summed E-state index contributed by atoms with van der Waals surface area (Å²) >= 11 is 0. The van der Waals surface area contributed by atoms with Crippen LogP contribution in [0.2, 0.25) is 0 Å². The largest absolute Gasteiger partial charge is 0.366 e. The molecule has 0 N–H and O–H groups in total. The molecule has 136 valence electrons. The molecule has 2 aromatic rings. The van der Waals surface area contributed by atoms with Crippen LogP contribution in [0.1, 0.15) is 34.8 Å².